The summed E-state index contributed by atoms with van der Waals surface area (Å²) in [5.41, 5.74) is 2.01. The number of halogens is 1. The molecule has 0 saturated carbocycles. The molecule has 0 bridgehead atoms. The maximum absolute atomic E-state index is 8.46. The van der Waals surface area contributed by atoms with E-state index in [4.69, 9.17) is 16.8 Å². The standard InChI is InChI=1S/C11H14ClNO/c1-8(2)7-9-3-5-10(6-4-9)11(12)13-14/h3-6,8,14H,7H2,1-2H3. The van der Waals surface area contributed by atoms with Crippen LogP contribution >= 0.6 is 11.6 Å². The lowest BCUT2D eigenvalue weighted by atomic mass is 10.0. The molecule has 0 heterocycles. The van der Waals surface area contributed by atoms with E-state index < -0.39 is 0 Å². The van der Waals surface area contributed by atoms with Gasteiger partial charge >= 0.3 is 0 Å². The van der Waals surface area contributed by atoms with Crippen LogP contribution in [0.3, 0.4) is 0 Å². The van der Waals surface area contributed by atoms with Crippen LogP contribution in [0.4, 0.5) is 0 Å². The van der Waals surface area contributed by atoms with E-state index in [9.17, 15) is 0 Å². The molecule has 0 spiro atoms. The Morgan fingerprint density at radius 3 is 2.36 bits per heavy atom. The number of rotatable bonds is 3. The molecule has 0 unspecified atom stereocenters. The maximum Gasteiger partial charge on any atom is 0.175 e. The average Bonchev–Trinajstić information content (AvgIpc) is 2.17. The third kappa shape index (κ3) is 3.04. The van der Waals surface area contributed by atoms with E-state index in [1.54, 1.807) is 0 Å². The van der Waals surface area contributed by atoms with Gasteiger partial charge in [-0.05, 0) is 17.9 Å². The van der Waals surface area contributed by atoms with E-state index in [1.807, 2.05) is 24.3 Å². The first-order valence-electron chi connectivity index (χ1n) is 4.60. The Labute approximate surface area is 89.2 Å². The van der Waals surface area contributed by atoms with Gasteiger partial charge in [-0.1, -0.05) is 54.9 Å². The maximum atomic E-state index is 8.46. The van der Waals surface area contributed by atoms with Crippen LogP contribution in [0.15, 0.2) is 29.4 Å². The normalized spacial score (nSPS) is 12.1. The van der Waals surface area contributed by atoms with E-state index in [0.717, 1.165) is 12.0 Å². The van der Waals surface area contributed by atoms with Crippen molar-refractivity contribution in [2.75, 3.05) is 0 Å². The zero-order valence-corrected chi connectivity index (χ0v) is 9.12. The Morgan fingerprint density at radius 1 is 1.36 bits per heavy atom. The fourth-order valence-electron chi connectivity index (χ4n) is 1.31. The van der Waals surface area contributed by atoms with Gasteiger partial charge in [0.1, 0.15) is 0 Å². The summed E-state index contributed by atoms with van der Waals surface area (Å²) in [4.78, 5) is 0. The van der Waals surface area contributed by atoms with Crippen LogP contribution in [0, 0.1) is 5.92 Å². The first kappa shape index (κ1) is 11.1. The van der Waals surface area contributed by atoms with Gasteiger partial charge in [0.05, 0.1) is 0 Å². The molecular formula is C11H14ClNO. The molecule has 1 aromatic rings. The summed E-state index contributed by atoms with van der Waals surface area (Å²) in [6.45, 7) is 4.35. The van der Waals surface area contributed by atoms with Gasteiger partial charge in [0, 0.05) is 5.56 Å². The third-order valence-electron chi connectivity index (χ3n) is 1.92. The molecular weight excluding hydrogens is 198 g/mol. The molecule has 0 aliphatic carbocycles. The van der Waals surface area contributed by atoms with Gasteiger partial charge in [-0.3, -0.25) is 0 Å². The highest BCUT2D eigenvalue weighted by atomic mass is 35.5. The minimum absolute atomic E-state index is 0.126. The van der Waals surface area contributed by atoms with Crippen molar-refractivity contribution in [2.45, 2.75) is 20.3 Å². The summed E-state index contributed by atoms with van der Waals surface area (Å²) < 4.78 is 0. The smallest absolute Gasteiger partial charge is 0.175 e. The second-order valence-corrected chi connectivity index (χ2v) is 4.04. The molecule has 3 heteroatoms. The highest BCUT2D eigenvalue weighted by Gasteiger charge is 2.01. The Kier molecular flexibility index (Phi) is 3.96. The summed E-state index contributed by atoms with van der Waals surface area (Å²) in [7, 11) is 0. The third-order valence-corrected chi connectivity index (χ3v) is 2.22. The fraction of sp³-hybridized carbons (Fsp3) is 0.364. The van der Waals surface area contributed by atoms with E-state index in [0.29, 0.717) is 5.92 Å². The molecule has 0 aliphatic rings. The van der Waals surface area contributed by atoms with Crippen LogP contribution < -0.4 is 0 Å². The summed E-state index contributed by atoms with van der Waals surface area (Å²) in [5.74, 6) is 0.642. The Balaban J connectivity index is 2.78. The molecule has 2 nitrogen and oxygen atoms in total. The van der Waals surface area contributed by atoms with Crippen molar-refractivity contribution in [3.8, 4) is 0 Å². The van der Waals surface area contributed by atoms with Crippen LogP contribution in [0.1, 0.15) is 25.0 Å². The quantitative estimate of drug-likeness (QED) is 0.465. The molecule has 76 valence electrons. The van der Waals surface area contributed by atoms with E-state index in [1.165, 1.54) is 5.56 Å². The molecule has 0 aliphatic heterocycles. The van der Waals surface area contributed by atoms with Crippen molar-refractivity contribution >= 4 is 16.8 Å². The minimum Gasteiger partial charge on any atom is -0.410 e. The molecule has 1 aromatic carbocycles. The highest BCUT2D eigenvalue weighted by molar-refractivity contribution is 6.69. The van der Waals surface area contributed by atoms with E-state index >= 15 is 0 Å². The summed E-state index contributed by atoms with van der Waals surface area (Å²) >= 11 is 5.65. The number of benzene rings is 1. The van der Waals surface area contributed by atoms with Gasteiger partial charge < -0.3 is 5.21 Å². The summed E-state index contributed by atoms with van der Waals surface area (Å²) in [6, 6.07) is 7.73. The van der Waals surface area contributed by atoms with Crippen molar-refractivity contribution in [3.63, 3.8) is 0 Å². The second-order valence-electron chi connectivity index (χ2n) is 3.69. The van der Waals surface area contributed by atoms with Gasteiger partial charge in [-0.25, -0.2) is 0 Å². The van der Waals surface area contributed by atoms with Crippen LogP contribution in [0.25, 0.3) is 0 Å². The molecule has 0 saturated heterocycles. The van der Waals surface area contributed by atoms with Gasteiger partial charge in [0.25, 0.3) is 0 Å². The minimum atomic E-state index is 0.126. The lowest BCUT2D eigenvalue weighted by molar-refractivity contribution is 0.321. The summed E-state index contributed by atoms with van der Waals surface area (Å²) in [5, 5.41) is 11.5. The number of hydrogen-bond acceptors (Lipinski definition) is 2. The van der Waals surface area contributed by atoms with Crippen molar-refractivity contribution in [1.82, 2.24) is 0 Å². The second kappa shape index (κ2) is 5.01. The zero-order chi connectivity index (χ0) is 10.6. The van der Waals surface area contributed by atoms with Gasteiger partial charge in [-0.15, -0.1) is 0 Å². The Bertz CT molecular complexity index is 317. The van der Waals surface area contributed by atoms with Crippen LogP contribution in [-0.4, -0.2) is 10.4 Å². The molecule has 0 radical (unpaired) electrons. The Hall–Kier alpha value is -1.02. The summed E-state index contributed by atoms with van der Waals surface area (Å²) in [6.07, 6.45) is 1.05. The van der Waals surface area contributed by atoms with E-state index in [2.05, 4.69) is 19.0 Å². The molecule has 1 N–H and O–H groups in total. The van der Waals surface area contributed by atoms with Gasteiger partial charge in [0.15, 0.2) is 5.17 Å². The van der Waals surface area contributed by atoms with Crippen molar-refractivity contribution in [3.05, 3.63) is 35.4 Å². The largest absolute Gasteiger partial charge is 0.410 e. The SMILES string of the molecule is CC(C)Cc1ccc(C(Cl)=NO)cc1. The molecule has 0 aromatic heterocycles. The van der Waals surface area contributed by atoms with Crippen molar-refractivity contribution < 1.29 is 5.21 Å². The lowest BCUT2D eigenvalue weighted by Crippen LogP contribution is -1.96. The van der Waals surface area contributed by atoms with Crippen LogP contribution in [-0.2, 0) is 6.42 Å². The topological polar surface area (TPSA) is 32.6 Å². The predicted molar refractivity (Wildman–Crippen MR) is 59.2 cm³/mol. The van der Waals surface area contributed by atoms with E-state index in [-0.39, 0.29) is 5.17 Å². The number of hydrogen-bond donors (Lipinski definition) is 1. The molecule has 0 fully saturated rings. The van der Waals surface area contributed by atoms with Gasteiger partial charge in [-0.2, -0.15) is 0 Å². The number of oxime groups is 1. The van der Waals surface area contributed by atoms with Crippen LogP contribution in [0.2, 0.25) is 0 Å². The van der Waals surface area contributed by atoms with Crippen molar-refractivity contribution in [1.29, 1.82) is 0 Å². The lowest BCUT2D eigenvalue weighted by Gasteiger charge is -2.05. The van der Waals surface area contributed by atoms with Gasteiger partial charge in [0.2, 0.25) is 0 Å². The highest BCUT2D eigenvalue weighted by Crippen LogP contribution is 2.11. The molecule has 0 atom stereocenters. The predicted octanol–water partition coefficient (Wildman–Crippen LogP) is 3.26. The number of nitrogens with zero attached hydrogens (tertiary/aromatic N) is 1. The van der Waals surface area contributed by atoms with Crippen molar-refractivity contribution in [2.24, 2.45) is 11.1 Å². The monoisotopic (exact) mass is 211 g/mol. The zero-order valence-electron chi connectivity index (χ0n) is 8.37. The first-order valence-corrected chi connectivity index (χ1v) is 4.98. The Morgan fingerprint density at radius 2 is 1.93 bits per heavy atom. The fourth-order valence-corrected chi connectivity index (χ4v) is 1.43. The first-order chi connectivity index (χ1) is 6.63. The molecule has 0 amide bonds. The molecule has 1 rings (SSSR count). The van der Waals surface area contributed by atoms with Crippen LogP contribution in [0.5, 0.6) is 0 Å². The average molecular weight is 212 g/mol. The molecule has 14 heavy (non-hydrogen) atoms.